The first-order valence-corrected chi connectivity index (χ1v) is 6.94. The molecule has 1 aromatic carbocycles. The van der Waals surface area contributed by atoms with Crippen LogP contribution in [-0.4, -0.2) is 44.6 Å². The number of aromatic hydroxyl groups is 1. The number of rotatable bonds is 2. The van der Waals surface area contributed by atoms with E-state index in [0.717, 1.165) is 5.39 Å². The van der Waals surface area contributed by atoms with Crippen LogP contribution < -0.4 is 5.48 Å². The molecule has 1 aliphatic heterocycles. The Morgan fingerprint density at radius 3 is 2.95 bits per heavy atom. The molecule has 0 spiro atoms. The van der Waals surface area contributed by atoms with Gasteiger partial charge in [0.2, 0.25) is 0 Å². The predicted molar refractivity (Wildman–Crippen MR) is 77.4 cm³/mol. The Morgan fingerprint density at radius 1 is 1.36 bits per heavy atom. The van der Waals surface area contributed by atoms with Crippen LogP contribution in [-0.2, 0) is 4.79 Å². The van der Waals surface area contributed by atoms with E-state index in [4.69, 9.17) is 5.21 Å². The van der Waals surface area contributed by atoms with Crippen LogP contribution in [0.4, 0.5) is 0 Å². The van der Waals surface area contributed by atoms with Gasteiger partial charge in [-0.3, -0.25) is 19.8 Å². The normalized spacial score (nSPS) is 17.7. The zero-order valence-corrected chi connectivity index (χ0v) is 11.7. The van der Waals surface area contributed by atoms with Crippen LogP contribution in [0.25, 0.3) is 10.9 Å². The molecule has 22 heavy (non-hydrogen) atoms. The molecule has 0 unspecified atom stereocenters. The molecule has 0 bridgehead atoms. The van der Waals surface area contributed by atoms with Crippen molar-refractivity contribution in [1.82, 2.24) is 15.4 Å². The molecule has 0 saturated carbocycles. The molecule has 1 aliphatic rings. The third kappa shape index (κ3) is 2.35. The van der Waals surface area contributed by atoms with Crippen LogP contribution in [0.5, 0.6) is 5.75 Å². The third-order valence-corrected chi connectivity index (χ3v) is 3.88. The molecule has 2 heterocycles. The highest BCUT2D eigenvalue weighted by molar-refractivity contribution is 6.02. The van der Waals surface area contributed by atoms with Crippen LogP contribution >= 0.6 is 0 Å². The number of hydrogen-bond acceptors (Lipinski definition) is 5. The van der Waals surface area contributed by atoms with Crippen LogP contribution in [0, 0.1) is 0 Å². The van der Waals surface area contributed by atoms with E-state index < -0.39 is 17.9 Å². The molecule has 1 fully saturated rings. The van der Waals surface area contributed by atoms with E-state index in [1.807, 2.05) is 0 Å². The van der Waals surface area contributed by atoms with Gasteiger partial charge in [0.15, 0.2) is 0 Å². The number of phenolic OH excluding ortho intramolecular Hbond substituents is 1. The summed E-state index contributed by atoms with van der Waals surface area (Å²) in [5.74, 6) is -1.23. The molecule has 2 aromatic rings. The number of benzene rings is 1. The van der Waals surface area contributed by atoms with Gasteiger partial charge >= 0.3 is 0 Å². The highest BCUT2D eigenvalue weighted by Crippen LogP contribution is 2.28. The van der Waals surface area contributed by atoms with Crippen molar-refractivity contribution in [2.45, 2.75) is 18.9 Å². The van der Waals surface area contributed by atoms with Crippen LogP contribution in [0.2, 0.25) is 0 Å². The molecule has 3 N–H and O–H groups in total. The first-order chi connectivity index (χ1) is 10.6. The Balaban J connectivity index is 1.98. The summed E-state index contributed by atoms with van der Waals surface area (Å²) in [6.45, 7) is 0.404. The second-order valence-electron chi connectivity index (χ2n) is 5.20. The first-order valence-electron chi connectivity index (χ1n) is 6.94. The highest BCUT2D eigenvalue weighted by atomic mass is 16.5. The standard InChI is InChI=1S/C15H15N3O4/c19-13-8-11-9(3-1-5-16-11)7-10(13)15(21)18-6-2-4-12(18)14(20)17-22/h1,3,5,7-8,12,19,22H,2,4,6H2,(H,17,20)/t12-/m0/s1. The molecule has 1 saturated heterocycles. The van der Waals surface area contributed by atoms with Crippen molar-refractivity contribution < 1.29 is 19.9 Å². The molecule has 2 amide bonds. The quantitative estimate of drug-likeness (QED) is 0.568. The number of amides is 2. The summed E-state index contributed by atoms with van der Waals surface area (Å²) < 4.78 is 0. The number of nitrogens with zero attached hydrogens (tertiary/aromatic N) is 2. The van der Waals surface area contributed by atoms with Crippen molar-refractivity contribution in [3.05, 3.63) is 36.0 Å². The molecule has 1 aromatic heterocycles. The summed E-state index contributed by atoms with van der Waals surface area (Å²) in [6.07, 6.45) is 2.75. The van der Waals surface area contributed by atoms with Crippen molar-refractivity contribution in [3.63, 3.8) is 0 Å². The molecule has 1 atom stereocenters. The number of carbonyl (C=O) groups excluding carboxylic acids is 2. The fraction of sp³-hybridized carbons (Fsp3) is 0.267. The van der Waals surface area contributed by atoms with Gasteiger partial charge in [-0.15, -0.1) is 0 Å². The average molecular weight is 301 g/mol. The third-order valence-electron chi connectivity index (χ3n) is 3.88. The summed E-state index contributed by atoms with van der Waals surface area (Å²) in [4.78, 5) is 29.7. The number of aromatic nitrogens is 1. The molecular formula is C15H15N3O4. The molecule has 7 nitrogen and oxygen atoms in total. The summed E-state index contributed by atoms with van der Waals surface area (Å²) >= 11 is 0. The first kappa shape index (κ1) is 14.3. The average Bonchev–Trinajstić information content (AvgIpc) is 3.02. The van der Waals surface area contributed by atoms with Crippen LogP contribution in [0.1, 0.15) is 23.2 Å². The van der Waals surface area contributed by atoms with Gasteiger partial charge in [-0.05, 0) is 25.0 Å². The van der Waals surface area contributed by atoms with E-state index in [-0.39, 0.29) is 11.3 Å². The lowest BCUT2D eigenvalue weighted by Crippen LogP contribution is -2.45. The molecule has 0 radical (unpaired) electrons. The summed E-state index contributed by atoms with van der Waals surface area (Å²) in [5.41, 5.74) is 2.29. The number of likely N-dealkylation sites (tertiary alicyclic amines) is 1. The van der Waals surface area contributed by atoms with Crippen molar-refractivity contribution >= 4 is 22.7 Å². The van der Waals surface area contributed by atoms with Gasteiger partial charge in [-0.25, -0.2) is 5.48 Å². The largest absolute Gasteiger partial charge is 0.507 e. The van der Waals surface area contributed by atoms with Gasteiger partial charge in [0.1, 0.15) is 11.8 Å². The van der Waals surface area contributed by atoms with Gasteiger partial charge in [0.05, 0.1) is 11.1 Å². The molecule has 114 valence electrons. The van der Waals surface area contributed by atoms with E-state index in [0.29, 0.717) is 24.9 Å². The molecule has 0 aliphatic carbocycles. The smallest absolute Gasteiger partial charge is 0.266 e. The van der Waals surface area contributed by atoms with Gasteiger partial charge in [-0.1, -0.05) is 6.07 Å². The van der Waals surface area contributed by atoms with Crippen molar-refractivity contribution in [2.75, 3.05) is 6.54 Å². The minimum atomic E-state index is -0.721. The number of pyridine rings is 1. The fourth-order valence-corrected chi connectivity index (χ4v) is 2.79. The number of fused-ring (bicyclic) bond motifs is 1. The van der Waals surface area contributed by atoms with E-state index in [1.165, 1.54) is 11.0 Å². The van der Waals surface area contributed by atoms with E-state index >= 15 is 0 Å². The fourth-order valence-electron chi connectivity index (χ4n) is 2.79. The zero-order valence-electron chi connectivity index (χ0n) is 11.7. The number of carbonyl (C=O) groups is 2. The summed E-state index contributed by atoms with van der Waals surface area (Å²) in [7, 11) is 0. The van der Waals surface area contributed by atoms with Gasteiger partial charge in [-0.2, -0.15) is 0 Å². The minimum Gasteiger partial charge on any atom is -0.507 e. The SMILES string of the molecule is O=C(NO)[C@@H]1CCCN1C(=O)c1cc2cccnc2cc1O. The summed E-state index contributed by atoms with van der Waals surface area (Å²) in [6, 6.07) is 5.80. The number of phenols is 1. The Kier molecular flexibility index (Phi) is 3.64. The number of hydrogen-bond donors (Lipinski definition) is 3. The molecule has 7 heteroatoms. The zero-order chi connectivity index (χ0) is 15.7. The number of nitrogens with one attached hydrogen (secondary N) is 1. The second-order valence-corrected chi connectivity index (χ2v) is 5.20. The highest BCUT2D eigenvalue weighted by Gasteiger charge is 2.35. The predicted octanol–water partition coefficient (Wildman–Crippen LogP) is 1.05. The van der Waals surface area contributed by atoms with Crippen LogP contribution in [0.15, 0.2) is 30.5 Å². The van der Waals surface area contributed by atoms with E-state index in [2.05, 4.69) is 4.98 Å². The lowest BCUT2D eigenvalue weighted by molar-refractivity contribution is -0.133. The van der Waals surface area contributed by atoms with Gasteiger partial charge < -0.3 is 10.0 Å². The maximum atomic E-state index is 12.6. The monoisotopic (exact) mass is 301 g/mol. The Bertz CT molecular complexity index is 747. The summed E-state index contributed by atoms with van der Waals surface area (Å²) in [5, 5.41) is 19.6. The minimum absolute atomic E-state index is 0.123. The van der Waals surface area contributed by atoms with E-state index in [1.54, 1.807) is 29.9 Å². The van der Waals surface area contributed by atoms with Crippen molar-refractivity contribution in [2.24, 2.45) is 0 Å². The lowest BCUT2D eigenvalue weighted by Gasteiger charge is -2.23. The lowest BCUT2D eigenvalue weighted by atomic mass is 10.1. The second kappa shape index (κ2) is 5.61. The maximum absolute atomic E-state index is 12.6. The molecular weight excluding hydrogens is 286 g/mol. The Labute approximate surface area is 126 Å². The topological polar surface area (TPSA) is 103 Å². The van der Waals surface area contributed by atoms with E-state index in [9.17, 15) is 14.7 Å². The molecule has 3 rings (SSSR count). The maximum Gasteiger partial charge on any atom is 0.266 e. The Hall–Kier alpha value is -2.67. The Morgan fingerprint density at radius 2 is 2.18 bits per heavy atom. The van der Waals surface area contributed by atoms with Gasteiger partial charge in [0.25, 0.3) is 11.8 Å². The van der Waals surface area contributed by atoms with Crippen LogP contribution in [0.3, 0.4) is 0 Å². The van der Waals surface area contributed by atoms with Gasteiger partial charge in [0, 0.05) is 24.2 Å². The van der Waals surface area contributed by atoms with Crippen molar-refractivity contribution in [3.8, 4) is 5.75 Å². The number of hydroxylamine groups is 1. The van der Waals surface area contributed by atoms with Crippen molar-refractivity contribution in [1.29, 1.82) is 0 Å².